The summed E-state index contributed by atoms with van der Waals surface area (Å²) in [6.07, 6.45) is -0.417. The number of likely N-dealkylation sites (N-methyl/N-ethyl adjacent to an activating group) is 2. The van der Waals surface area contributed by atoms with Crippen LogP contribution >= 0.6 is 24.0 Å². The van der Waals surface area contributed by atoms with E-state index in [9.17, 15) is 4.79 Å². The highest BCUT2D eigenvalue weighted by Gasteiger charge is 2.25. The van der Waals surface area contributed by atoms with Crippen LogP contribution in [0.4, 0.5) is 4.79 Å². The van der Waals surface area contributed by atoms with Crippen molar-refractivity contribution in [3.05, 3.63) is 0 Å². The number of hydrogen-bond acceptors (Lipinski definition) is 5. The Morgan fingerprint density at radius 1 is 1.15 bits per heavy atom. The molecule has 1 atom stereocenters. The van der Waals surface area contributed by atoms with E-state index in [0.29, 0.717) is 12.6 Å². The van der Waals surface area contributed by atoms with Gasteiger partial charge in [-0.3, -0.25) is 9.89 Å². The van der Waals surface area contributed by atoms with E-state index in [0.717, 1.165) is 32.1 Å². The molecule has 3 N–H and O–H groups in total. The van der Waals surface area contributed by atoms with Gasteiger partial charge in [-0.05, 0) is 48.7 Å². The number of rotatable bonds is 5. The molecule has 0 radical (unpaired) electrons. The highest BCUT2D eigenvalue weighted by molar-refractivity contribution is 14.0. The van der Waals surface area contributed by atoms with Crippen LogP contribution in [0.3, 0.4) is 0 Å². The minimum absolute atomic E-state index is 0. The van der Waals surface area contributed by atoms with Crippen molar-refractivity contribution in [3.8, 4) is 0 Å². The van der Waals surface area contributed by atoms with Gasteiger partial charge in [0.25, 0.3) is 0 Å². The molecule has 1 amide bonds. The Kier molecular flexibility index (Phi) is 10.9. The lowest BCUT2D eigenvalue weighted by Crippen LogP contribution is -2.57. The number of alkyl carbamates (subject to hydrolysis) is 1. The van der Waals surface area contributed by atoms with Crippen molar-refractivity contribution in [2.75, 3.05) is 53.9 Å². The van der Waals surface area contributed by atoms with Gasteiger partial charge in [0.05, 0.1) is 5.54 Å². The molecule has 1 fully saturated rings. The van der Waals surface area contributed by atoms with Crippen molar-refractivity contribution < 1.29 is 9.53 Å². The SMILES string of the molecule is CN=C(NCC1CN(C)CCN1C)NCC(C)(C)NC(=O)OC(C)(C)C.I. The molecule has 1 aliphatic heterocycles. The molecule has 1 saturated heterocycles. The number of ether oxygens (including phenoxy) is 1. The summed E-state index contributed by atoms with van der Waals surface area (Å²) in [5.41, 5.74) is -0.980. The summed E-state index contributed by atoms with van der Waals surface area (Å²) >= 11 is 0. The summed E-state index contributed by atoms with van der Waals surface area (Å²) in [5.74, 6) is 0.727. The first-order chi connectivity index (χ1) is 11.9. The number of nitrogens with zero attached hydrogens (tertiary/aromatic N) is 3. The molecular formula is C18H39IN6O2. The van der Waals surface area contributed by atoms with Crippen LogP contribution in [0.5, 0.6) is 0 Å². The first-order valence-corrected chi connectivity index (χ1v) is 9.26. The lowest BCUT2D eigenvalue weighted by atomic mass is 10.1. The van der Waals surface area contributed by atoms with E-state index >= 15 is 0 Å². The van der Waals surface area contributed by atoms with Gasteiger partial charge in [-0.25, -0.2) is 4.79 Å². The molecule has 8 nitrogen and oxygen atoms in total. The number of amides is 1. The molecule has 1 rings (SSSR count). The maximum Gasteiger partial charge on any atom is 0.408 e. The number of piperazine rings is 1. The van der Waals surface area contributed by atoms with Crippen molar-refractivity contribution in [1.82, 2.24) is 25.8 Å². The van der Waals surface area contributed by atoms with Crippen molar-refractivity contribution in [2.45, 2.75) is 51.8 Å². The number of aliphatic imine (C=N–C) groups is 1. The normalized spacial score (nSPS) is 19.9. The van der Waals surface area contributed by atoms with Crippen LogP contribution in [0.1, 0.15) is 34.6 Å². The van der Waals surface area contributed by atoms with E-state index in [1.165, 1.54) is 0 Å². The molecule has 0 spiro atoms. The van der Waals surface area contributed by atoms with Crippen LogP contribution in [-0.2, 0) is 4.74 Å². The van der Waals surface area contributed by atoms with Gasteiger partial charge < -0.3 is 25.6 Å². The summed E-state index contributed by atoms with van der Waals surface area (Å²) in [4.78, 5) is 21.0. The molecule has 0 bridgehead atoms. The average molecular weight is 498 g/mol. The van der Waals surface area contributed by atoms with Crippen LogP contribution in [-0.4, -0.2) is 92.9 Å². The van der Waals surface area contributed by atoms with Crippen molar-refractivity contribution in [1.29, 1.82) is 0 Å². The topological polar surface area (TPSA) is 81.2 Å². The van der Waals surface area contributed by atoms with Crippen LogP contribution in [0.25, 0.3) is 0 Å². The molecule has 27 heavy (non-hydrogen) atoms. The maximum atomic E-state index is 12.0. The molecule has 1 heterocycles. The van der Waals surface area contributed by atoms with E-state index in [2.05, 4.69) is 44.8 Å². The monoisotopic (exact) mass is 498 g/mol. The molecule has 0 aromatic carbocycles. The maximum absolute atomic E-state index is 12.0. The number of carbonyl (C=O) groups is 1. The summed E-state index contributed by atoms with van der Waals surface area (Å²) in [6, 6.07) is 0.445. The molecule has 1 aliphatic rings. The van der Waals surface area contributed by atoms with Gasteiger partial charge in [-0.15, -0.1) is 24.0 Å². The van der Waals surface area contributed by atoms with Gasteiger partial charge in [-0.2, -0.15) is 0 Å². The number of carbonyl (C=O) groups excluding carboxylic acids is 1. The second-order valence-electron chi connectivity index (χ2n) is 8.71. The quantitative estimate of drug-likeness (QED) is 0.302. The fraction of sp³-hybridized carbons (Fsp3) is 0.889. The highest BCUT2D eigenvalue weighted by Crippen LogP contribution is 2.09. The Bertz CT molecular complexity index is 493. The van der Waals surface area contributed by atoms with Gasteiger partial charge in [0, 0.05) is 45.8 Å². The second kappa shape index (κ2) is 11.3. The number of nitrogens with one attached hydrogen (secondary N) is 3. The number of hydrogen-bond donors (Lipinski definition) is 3. The van der Waals surface area contributed by atoms with Gasteiger partial charge in [0.1, 0.15) is 5.60 Å². The van der Waals surface area contributed by atoms with E-state index in [1.54, 1.807) is 7.05 Å². The van der Waals surface area contributed by atoms with E-state index in [4.69, 9.17) is 4.74 Å². The highest BCUT2D eigenvalue weighted by atomic mass is 127. The van der Waals surface area contributed by atoms with Crippen molar-refractivity contribution in [3.63, 3.8) is 0 Å². The minimum Gasteiger partial charge on any atom is -0.444 e. The molecule has 9 heteroatoms. The number of guanidine groups is 1. The van der Waals surface area contributed by atoms with E-state index in [1.807, 2.05) is 34.6 Å². The van der Waals surface area contributed by atoms with Gasteiger partial charge in [-0.1, -0.05) is 0 Å². The van der Waals surface area contributed by atoms with E-state index < -0.39 is 17.2 Å². The molecule has 0 aromatic rings. The van der Waals surface area contributed by atoms with E-state index in [-0.39, 0.29) is 24.0 Å². The van der Waals surface area contributed by atoms with Crippen LogP contribution in [0, 0.1) is 0 Å². The molecule has 0 aliphatic carbocycles. The van der Waals surface area contributed by atoms with Crippen LogP contribution < -0.4 is 16.0 Å². The Hall–Kier alpha value is -0.810. The lowest BCUT2D eigenvalue weighted by Gasteiger charge is -2.38. The first kappa shape index (κ1) is 26.2. The predicted octanol–water partition coefficient (Wildman–Crippen LogP) is 1.32. The molecule has 0 saturated carbocycles. The third kappa shape index (κ3) is 10.9. The number of halogens is 1. The molecule has 1 unspecified atom stereocenters. The van der Waals surface area contributed by atoms with Gasteiger partial charge in [0.2, 0.25) is 0 Å². The molecule has 0 aromatic heterocycles. The zero-order chi connectivity index (χ0) is 20.0. The third-order valence-electron chi connectivity index (χ3n) is 4.25. The van der Waals surface area contributed by atoms with Crippen LogP contribution in [0.15, 0.2) is 4.99 Å². The molecular weight excluding hydrogens is 459 g/mol. The largest absolute Gasteiger partial charge is 0.444 e. The zero-order valence-corrected chi connectivity index (χ0v) is 20.5. The fourth-order valence-electron chi connectivity index (χ4n) is 2.69. The fourth-order valence-corrected chi connectivity index (χ4v) is 2.69. The summed E-state index contributed by atoms with van der Waals surface area (Å²) in [6.45, 7) is 14.0. The third-order valence-corrected chi connectivity index (χ3v) is 4.25. The summed E-state index contributed by atoms with van der Waals surface area (Å²) in [7, 11) is 6.06. The Balaban J connectivity index is 0.00000676. The summed E-state index contributed by atoms with van der Waals surface area (Å²) < 4.78 is 5.32. The zero-order valence-electron chi connectivity index (χ0n) is 18.2. The van der Waals surface area contributed by atoms with Crippen LogP contribution in [0.2, 0.25) is 0 Å². The Morgan fingerprint density at radius 2 is 1.78 bits per heavy atom. The van der Waals surface area contributed by atoms with Gasteiger partial charge >= 0.3 is 6.09 Å². The smallest absolute Gasteiger partial charge is 0.408 e. The Labute approximate surface area is 181 Å². The summed E-state index contributed by atoms with van der Waals surface area (Å²) in [5, 5.41) is 9.55. The van der Waals surface area contributed by atoms with Crippen molar-refractivity contribution >= 4 is 36.0 Å². The Morgan fingerprint density at radius 3 is 2.33 bits per heavy atom. The standard InChI is InChI=1S/C18H38N6O2.HI/c1-17(2,3)26-16(25)22-18(4,5)13-21-15(19-6)20-11-14-12-23(7)9-10-24(14)8;/h14H,9-13H2,1-8H3,(H,22,25)(H2,19,20,21);1H. The first-order valence-electron chi connectivity index (χ1n) is 9.26. The average Bonchev–Trinajstić information content (AvgIpc) is 2.48. The van der Waals surface area contributed by atoms with Crippen molar-refractivity contribution in [2.24, 2.45) is 4.99 Å². The second-order valence-corrected chi connectivity index (χ2v) is 8.71. The predicted molar refractivity (Wildman–Crippen MR) is 122 cm³/mol. The molecule has 160 valence electrons. The lowest BCUT2D eigenvalue weighted by molar-refractivity contribution is 0.0474. The minimum atomic E-state index is -0.510. The van der Waals surface area contributed by atoms with Gasteiger partial charge in [0.15, 0.2) is 5.96 Å².